The van der Waals surface area contributed by atoms with Gasteiger partial charge < -0.3 is 14.5 Å². The van der Waals surface area contributed by atoms with Gasteiger partial charge in [0.2, 0.25) is 0 Å². The van der Waals surface area contributed by atoms with E-state index in [4.69, 9.17) is 9.15 Å². The molecule has 0 amide bonds. The fraction of sp³-hybridized carbons (Fsp3) is 0.778. The van der Waals surface area contributed by atoms with Crippen molar-refractivity contribution >= 4 is 0 Å². The van der Waals surface area contributed by atoms with Gasteiger partial charge in [0.05, 0.1) is 18.4 Å². The molecule has 1 aromatic heterocycles. The highest BCUT2D eigenvalue weighted by Gasteiger charge is 2.34. The van der Waals surface area contributed by atoms with E-state index in [1.54, 1.807) is 6.26 Å². The molecule has 3 nitrogen and oxygen atoms in total. The van der Waals surface area contributed by atoms with Crippen LogP contribution in [0.3, 0.4) is 0 Å². The number of ether oxygens (including phenoxy) is 1. The van der Waals surface area contributed by atoms with E-state index in [2.05, 4.69) is 33.0 Å². The Balaban J connectivity index is 1.78. The molecule has 0 spiro atoms. The Morgan fingerprint density at radius 1 is 1.38 bits per heavy atom. The summed E-state index contributed by atoms with van der Waals surface area (Å²) in [6.45, 7) is 12.0. The van der Waals surface area contributed by atoms with Crippen LogP contribution in [0.1, 0.15) is 52.7 Å². The molecule has 0 aliphatic carbocycles. The van der Waals surface area contributed by atoms with Gasteiger partial charge in [-0.15, -0.1) is 0 Å². The second-order valence-electron chi connectivity index (χ2n) is 7.31. The molecule has 0 aromatic carbocycles. The first-order valence-electron chi connectivity index (χ1n) is 8.35. The third-order valence-electron chi connectivity index (χ3n) is 4.73. The van der Waals surface area contributed by atoms with Crippen molar-refractivity contribution in [3.8, 4) is 0 Å². The second kappa shape index (κ2) is 7.46. The molecule has 0 radical (unpaired) electrons. The summed E-state index contributed by atoms with van der Waals surface area (Å²) in [5, 5.41) is 3.51. The van der Waals surface area contributed by atoms with Gasteiger partial charge in [-0.05, 0) is 69.5 Å². The first-order valence-corrected chi connectivity index (χ1v) is 8.35. The van der Waals surface area contributed by atoms with Gasteiger partial charge in [-0.25, -0.2) is 0 Å². The van der Waals surface area contributed by atoms with Crippen molar-refractivity contribution in [2.75, 3.05) is 13.2 Å². The quantitative estimate of drug-likeness (QED) is 0.764. The minimum atomic E-state index is 0.0532. The van der Waals surface area contributed by atoms with E-state index in [1.807, 2.05) is 12.1 Å². The molecule has 0 bridgehead atoms. The zero-order chi connectivity index (χ0) is 15.3. The summed E-state index contributed by atoms with van der Waals surface area (Å²) >= 11 is 0. The lowest BCUT2D eigenvalue weighted by Gasteiger charge is -2.40. The van der Waals surface area contributed by atoms with Crippen LogP contribution >= 0.6 is 0 Å². The van der Waals surface area contributed by atoms with Crippen LogP contribution in [0.4, 0.5) is 0 Å². The molecule has 1 aliphatic heterocycles. The Morgan fingerprint density at radius 3 is 2.81 bits per heavy atom. The SMILES string of the molecule is CC(C)[C@@H](CCNCc1ccco1)[C@H]1CCOC(C)(C)C1. The monoisotopic (exact) mass is 293 g/mol. The van der Waals surface area contributed by atoms with Gasteiger partial charge in [0.15, 0.2) is 0 Å². The lowest BCUT2D eigenvalue weighted by Crippen LogP contribution is -2.38. The van der Waals surface area contributed by atoms with Crippen molar-refractivity contribution in [1.82, 2.24) is 5.32 Å². The minimum absolute atomic E-state index is 0.0532. The van der Waals surface area contributed by atoms with Crippen LogP contribution in [-0.2, 0) is 11.3 Å². The van der Waals surface area contributed by atoms with Crippen molar-refractivity contribution in [3.05, 3.63) is 24.2 Å². The summed E-state index contributed by atoms with van der Waals surface area (Å²) < 4.78 is 11.2. The average molecular weight is 293 g/mol. The maximum Gasteiger partial charge on any atom is 0.117 e. The fourth-order valence-corrected chi connectivity index (χ4v) is 3.65. The summed E-state index contributed by atoms with van der Waals surface area (Å²) in [6, 6.07) is 3.96. The van der Waals surface area contributed by atoms with Crippen molar-refractivity contribution < 1.29 is 9.15 Å². The number of furan rings is 1. The van der Waals surface area contributed by atoms with Gasteiger partial charge in [0.25, 0.3) is 0 Å². The third kappa shape index (κ3) is 5.15. The molecule has 2 heterocycles. The molecule has 1 N–H and O–H groups in total. The smallest absolute Gasteiger partial charge is 0.117 e. The van der Waals surface area contributed by atoms with Crippen LogP contribution in [0.25, 0.3) is 0 Å². The van der Waals surface area contributed by atoms with Crippen LogP contribution in [-0.4, -0.2) is 18.8 Å². The molecule has 1 aromatic rings. The Morgan fingerprint density at radius 2 is 2.19 bits per heavy atom. The topological polar surface area (TPSA) is 34.4 Å². The van der Waals surface area contributed by atoms with Crippen LogP contribution in [0.5, 0.6) is 0 Å². The zero-order valence-electron chi connectivity index (χ0n) is 14.0. The van der Waals surface area contributed by atoms with Crippen molar-refractivity contribution in [1.29, 1.82) is 0 Å². The number of hydrogen-bond acceptors (Lipinski definition) is 3. The number of hydrogen-bond donors (Lipinski definition) is 1. The van der Waals surface area contributed by atoms with Gasteiger partial charge in [0.1, 0.15) is 5.76 Å². The van der Waals surface area contributed by atoms with Crippen LogP contribution < -0.4 is 5.32 Å². The molecule has 1 saturated heterocycles. The maximum atomic E-state index is 5.87. The zero-order valence-corrected chi connectivity index (χ0v) is 14.0. The van der Waals surface area contributed by atoms with E-state index in [0.717, 1.165) is 43.2 Å². The number of nitrogens with one attached hydrogen (secondary N) is 1. The Labute approximate surface area is 129 Å². The van der Waals surface area contributed by atoms with Gasteiger partial charge >= 0.3 is 0 Å². The molecule has 1 aliphatic rings. The standard InChI is InChI=1S/C18H31NO2/c1-14(2)17(15-8-11-21-18(3,4)12-15)7-9-19-13-16-6-5-10-20-16/h5-6,10,14-15,17,19H,7-9,11-13H2,1-4H3/t15-,17+/m0/s1. The first-order chi connectivity index (χ1) is 9.98. The van der Waals surface area contributed by atoms with Gasteiger partial charge in [-0.2, -0.15) is 0 Å². The Hall–Kier alpha value is -0.800. The summed E-state index contributed by atoms with van der Waals surface area (Å²) in [5.41, 5.74) is 0.0532. The third-order valence-corrected chi connectivity index (χ3v) is 4.73. The van der Waals surface area contributed by atoms with Crippen LogP contribution in [0, 0.1) is 17.8 Å². The van der Waals surface area contributed by atoms with E-state index < -0.39 is 0 Å². The van der Waals surface area contributed by atoms with E-state index >= 15 is 0 Å². The highest BCUT2D eigenvalue weighted by Crippen LogP contribution is 2.37. The van der Waals surface area contributed by atoms with Gasteiger partial charge in [0, 0.05) is 6.61 Å². The summed E-state index contributed by atoms with van der Waals surface area (Å²) in [7, 11) is 0. The molecule has 2 rings (SSSR count). The fourth-order valence-electron chi connectivity index (χ4n) is 3.65. The van der Waals surface area contributed by atoms with E-state index in [-0.39, 0.29) is 5.60 Å². The minimum Gasteiger partial charge on any atom is -0.468 e. The molecule has 3 heteroatoms. The van der Waals surface area contributed by atoms with Crippen molar-refractivity contribution in [2.45, 2.75) is 59.1 Å². The maximum absolute atomic E-state index is 5.87. The second-order valence-corrected chi connectivity index (χ2v) is 7.31. The highest BCUT2D eigenvalue weighted by molar-refractivity contribution is 4.97. The molecule has 2 atom stereocenters. The molecule has 120 valence electrons. The molecule has 1 fully saturated rings. The van der Waals surface area contributed by atoms with E-state index in [0.29, 0.717) is 0 Å². The molecule has 0 saturated carbocycles. The molecule has 0 unspecified atom stereocenters. The molecular formula is C18H31NO2. The highest BCUT2D eigenvalue weighted by atomic mass is 16.5. The Kier molecular flexibility index (Phi) is 5.88. The largest absolute Gasteiger partial charge is 0.468 e. The van der Waals surface area contributed by atoms with Gasteiger partial charge in [-0.3, -0.25) is 0 Å². The summed E-state index contributed by atoms with van der Waals surface area (Å²) in [4.78, 5) is 0. The van der Waals surface area contributed by atoms with E-state index in [9.17, 15) is 0 Å². The van der Waals surface area contributed by atoms with Gasteiger partial charge in [-0.1, -0.05) is 13.8 Å². The number of rotatable bonds is 7. The lowest BCUT2D eigenvalue weighted by atomic mass is 9.73. The molecular weight excluding hydrogens is 262 g/mol. The summed E-state index contributed by atoms with van der Waals surface area (Å²) in [6.07, 6.45) is 5.37. The lowest BCUT2D eigenvalue weighted by molar-refractivity contribution is -0.0867. The summed E-state index contributed by atoms with van der Waals surface area (Å²) in [5.74, 6) is 3.31. The predicted molar refractivity (Wildman–Crippen MR) is 86.1 cm³/mol. The first kappa shape index (κ1) is 16.6. The Bertz CT molecular complexity index is 397. The van der Waals surface area contributed by atoms with E-state index in [1.165, 1.54) is 19.3 Å². The predicted octanol–water partition coefficient (Wildman–Crippen LogP) is 4.24. The van der Waals surface area contributed by atoms with Crippen LogP contribution in [0.15, 0.2) is 22.8 Å². The van der Waals surface area contributed by atoms with Crippen molar-refractivity contribution in [2.24, 2.45) is 17.8 Å². The average Bonchev–Trinajstić information content (AvgIpc) is 2.90. The van der Waals surface area contributed by atoms with Crippen LogP contribution in [0.2, 0.25) is 0 Å². The van der Waals surface area contributed by atoms with Crippen molar-refractivity contribution in [3.63, 3.8) is 0 Å². The normalized spacial score (nSPS) is 23.4. The molecule has 21 heavy (non-hydrogen) atoms.